The third-order valence-corrected chi connectivity index (χ3v) is 7.94. The predicted molar refractivity (Wildman–Crippen MR) is 134 cm³/mol. The predicted octanol–water partition coefficient (Wildman–Crippen LogP) is 5.61. The van der Waals surface area contributed by atoms with Crippen molar-refractivity contribution in [1.82, 2.24) is 14.8 Å². The molecule has 0 bridgehead atoms. The monoisotopic (exact) mass is 531 g/mol. The molecule has 1 N–H and O–H groups in total. The van der Waals surface area contributed by atoms with Crippen molar-refractivity contribution < 1.29 is 9.90 Å². The number of rotatable bonds is 4. The number of fused-ring (bicyclic) bond motifs is 3. The highest BCUT2D eigenvalue weighted by molar-refractivity contribution is 9.11. The fourth-order valence-corrected chi connectivity index (χ4v) is 5.89. The summed E-state index contributed by atoms with van der Waals surface area (Å²) in [6, 6.07) is 16.9. The van der Waals surface area contributed by atoms with E-state index in [0.717, 1.165) is 42.3 Å². The SMILES string of the molecule is Cc1c(Br)sc2c1C(c1ccc(-c3cccc(C#N)c3)cc1)=N[C@@H](CC(=O)O)c1nnc(C)n1-2. The summed E-state index contributed by atoms with van der Waals surface area (Å²) in [6.45, 7) is 3.88. The smallest absolute Gasteiger partial charge is 0.306 e. The largest absolute Gasteiger partial charge is 0.481 e. The average molecular weight is 532 g/mol. The Kier molecular flexibility index (Phi) is 5.63. The summed E-state index contributed by atoms with van der Waals surface area (Å²) in [5, 5.41) is 28.2. The molecule has 7 nitrogen and oxygen atoms in total. The summed E-state index contributed by atoms with van der Waals surface area (Å²) in [5.74, 6) is 0.260. The molecule has 34 heavy (non-hydrogen) atoms. The molecular weight excluding hydrogens is 514 g/mol. The lowest BCUT2D eigenvalue weighted by molar-refractivity contribution is -0.137. The van der Waals surface area contributed by atoms with E-state index in [1.807, 2.05) is 60.9 Å². The van der Waals surface area contributed by atoms with Crippen LogP contribution in [0.25, 0.3) is 16.1 Å². The number of carboxylic acid groups (broad SMARTS) is 1. The maximum absolute atomic E-state index is 11.7. The van der Waals surface area contributed by atoms with Crippen LogP contribution < -0.4 is 0 Å². The maximum Gasteiger partial charge on any atom is 0.306 e. The minimum Gasteiger partial charge on any atom is -0.481 e. The normalized spacial score (nSPS) is 14.5. The summed E-state index contributed by atoms with van der Waals surface area (Å²) in [5.41, 5.74) is 6.10. The first-order valence-electron chi connectivity index (χ1n) is 10.5. The number of aryl methyl sites for hydroxylation is 1. The van der Waals surface area contributed by atoms with Crippen LogP contribution >= 0.6 is 27.3 Å². The van der Waals surface area contributed by atoms with Crippen molar-refractivity contribution in [2.24, 2.45) is 4.99 Å². The van der Waals surface area contributed by atoms with E-state index < -0.39 is 12.0 Å². The van der Waals surface area contributed by atoms with Crippen molar-refractivity contribution >= 4 is 38.9 Å². The van der Waals surface area contributed by atoms with Crippen LogP contribution in [0, 0.1) is 25.2 Å². The highest BCUT2D eigenvalue weighted by Crippen LogP contribution is 2.42. The Labute approximate surface area is 208 Å². The number of aromatic nitrogens is 3. The molecule has 5 rings (SSSR count). The van der Waals surface area contributed by atoms with Crippen LogP contribution in [0.2, 0.25) is 0 Å². The van der Waals surface area contributed by atoms with Gasteiger partial charge in [-0.05, 0) is 58.6 Å². The molecule has 1 aliphatic heterocycles. The molecule has 0 saturated carbocycles. The minimum absolute atomic E-state index is 0.185. The van der Waals surface area contributed by atoms with Crippen molar-refractivity contribution in [3.8, 4) is 22.2 Å². The van der Waals surface area contributed by atoms with Crippen LogP contribution in [0.15, 0.2) is 57.3 Å². The number of hydrogen-bond donors (Lipinski definition) is 1. The zero-order valence-corrected chi connectivity index (χ0v) is 20.7. The van der Waals surface area contributed by atoms with E-state index in [1.165, 1.54) is 0 Å². The summed E-state index contributed by atoms with van der Waals surface area (Å²) < 4.78 is 2.90. The summed E-state index contributed by atoms with van der Waals surface area (Å²) >= 11 is 5.22. The Morgan fingerprint density at radius 1 is 1.15 bits per heavy atom. The molecule has 0 unspecified atom stereocenters. The van der Waals surface area contributed by atoms with Gasteiger partial charge in [0.1, 0.15) is 16.9 Å². The lowest BCUT2D eigenvalue weighted by Gasteiger charge is -2.11. The number of carboxylic acids is 1. The number of benzene rings is 2. The second-order valence-electron chi connectivity index (χ2n) is 7.98. The van der Waals surface area contributed by atoms with E-state index in [4.69, 9.17) is 4.99 Å². The van der Waals surface area contributed by atoms with Crippen molar-refractivity contribution in [3.63, 3.8) is 0 Å². The first kappa shape index (κ1) is 22.2. The topological polar surface area (TPSA) is 104 Å². The van der Waals surface area contributed by atoms with E-state index in [1.54, 1.807) is 17.4 Å². The number of thiophene rings is 1. The Morgan fingerprint density at radius 3 is 2.59 bits per heavy atom. The van der Waals surface area contributed by atoms with Gasteiger partial charge >= 0.3 is 5.97 Å². The quantitative estimate of drug-likeness (QED) is 0.368. The van der Waals surface area contributed by atoms with E-state index >= 15 is 0 Å². The first-order chi connectivity index (χ1) is 16.4. The molecule has 0 fully saturated rings. The number of aliphatic carboxylic acids is 1. The Balaban J connectivity index is 1.67. The van der Waals surface area contributed by atoms with Crippen molar-refractivity contribution in [2.45, 2.75) is 26.3 Å². The Bertz CT molecular complexity index is 1510. The Hall–Kier alpha value is -3.61. The van der Waals surface area contributed by atoms with Gasteiger partial charge in [-0.2, -0.15) is 5.26 Å². The summed E-state index contributed by atoms with van der Waals surface area (Å²) in [7, 11) is 0. The van der Waals surface area contributed by atoms with E-state index in [0.29, 0.717) is 17.2 Å². The number of hydrogen-bond acceptors (Lipinski definition) is 6. The zero-order chi connectivity index (χ0) is 24.0. The van der Waals surface area contributed by atoms with Crippen LogP contribution in [0.5, 0.6) is 0 Å². The molecule has 0 saturated heterocycles. The summed E-state index contributed by atoms with van der Waals surface area (Å²) in [6.07, 6.45) is -0.185. The van der Waals surface area contributed by atoms with Gasteiger partial charge < -0.3 is 5.11 Å². The van der Waals surface area contributed by atoms with Gasteiger partial charge in [0.15, 0.2) is 5.82 Å². The van der Waals surface area contributed by atoms with Gasteiger partial charge in [0.25, 0.3) is 0 Å². The third kappa shape index (κ3) is 3.75. The van der Waals surface area contributed by atoms with Gasteiger partial charge in [0.2, 0.25) is 0 Å². The first-order valence-corrected chi connectivity index (χ1v) is 12.1. The Morgan fingerprint density at radius 2 is 1.88 bits per heavy atom. The van der Waals surface area contributed by atoms with Gasteiger partial charge in [-0.1, -0.05) is 36.4 Å². The molecule has 4 aromatic rings. The fourth-order valence-electron chi connectivity index (χ4n) is 4.14. The van der Waals surface area contributed by atoms with Crippen LogP contribution in [-0.2, 0) is 4.79 Å². The molecule has 0 radical (unpaired) electrons. The standard InChI is InChI=1S/C25H18BrN5O2S/c1-13-21-22(17-8-6-16(7-9-17)18-5-3-4-15(10-18)12-27)28-19(11-20(32)33)24-30-29-14(2)31(24)25(21)34-23(13)26/h3-10,19H,11H2,1-2H3,(H,32,33)/t19-/m0/s1. The molecule has 9 heteroatoms. The number of nitrogens with zero attached hydrogens (tertiary/aromatic N) is 5. The van der Waals surface area contributed by atoms with E-state index in [2.05, 4.69) is 32.2 Å². The maximum atomic E-state index is 11.7. The molecule has 3 heterocycles. The van der Waals surface area contributed by atoms with Crippen LogP contribution in [0.3, 0.4) is 0 Å². The third-order valence-electron chi connectivity index (χ3n) is 5.79. The van der Waals surface area contributed by atoms with Gasteiger partial charge in [-0.3, -0.25) is 14.4 Å². The fraction of sp³-hybridized carbons (Fsp3) is 0.160. The van der Waals surface area contributed by atoms with Gasteiger partial charge in [0, 0.05) is 11.1 Å². The molecule has 2 aromatic carbocycles. The number of halogens is 1. The van der Waals surface area contributed by atoms with Gasteiger partial charge in [-0.25, -0.2) is 0 Å². The van der Waals surface area contributed by atoms with E-state index in [-0.39, 0.29) is 6.42 Å². The number of carbonyl (C=O) groups is 1. The minimum atomic E-state index is -0.948. The highest BCUT2D eigenvalue weighted by Gasteiger charge is 2.32. The lowest BCUT2D eigenvalue weighted by atomic mass is 9.97. The average Bonchev–Trinajstić information content (AvgIpc) is 3.31. The van der Waals surface area contributed by atoms with Crippen molar-refractivity contribution in [1.29, 1.82) is 5.26 Å². The zero-order valence-electron chi connectivity index (χ0n) is 18.3. The molecule has 1 aliphatic rings. The lowest BCUT2D eigenvalue weighted by Crippen LogP contribution is -2.10. The number of aliphatic imine (C=N–C) groups is 1. The molecule has 2 aromatic heterocycles. The number of nitriles is 1. The molecule has 168 valence electrons. The van der Waals surface area contributed by atoms with E-state index in [9.17, 15) is 15.2 Å². The van der Waals surface area contributed by atoms with Crippen LogP contribution in [0.1, 0.15) is 46.4 Å². The van der Waals surface area contributed by atoms with Crippen molar-refractivity contribution in [3.05, 3.63) is 86.2 Å². The highest BCUT2D eigenvalue weighted by atomic mass is 79.9. The molecule has 0 amide bonds. The molecular formula is C25H18BrN5O2S. The molecule has 0 aliphatic carbocycles. The van der Waals surface area contributed by atoms with Gasteiger partial charge in [-0.15, -0.1) is 21.5 Å². The second-order valence-corrected chi connectivity index (χ2v) is 10.3. The second kappa shape index (κ2) is 8.63. The molecule has 1 atom stereocenters. The van der Waals surface area contributed by atoms with Crippen LogP contribution in [0.4, 0.5) is 0 Å². The molecule has 0 spiro atoms. The van der Waals surface area contributed by atoms with Crippen molar-refractivity contribution in [2.75, 3.05) is 0 Å². The summed E-state index contributed by atoms with van der Waals surface area (Å²) in [4.78, 5) is 16.6. The van der Waals surface area contributed by atoms with Crippen LogP contribution in [-0.4, -0.2) is 31.6 Å². The van der Waals surface area contributed by atoms with Gasteiger partial charge in [0.05, 0.1) is 27.6 Å².